The van der Waals surface area contributed by atoms with Gasteiger partial charge in [0.15, 0.2) is 0 Å². The summed E-state index contributed by atoms with van der Waals surface area (Å²) in [6, 6.07) is 9.55. The molecule has 2 aromatic carbocycles. The van der Waals surface area contributed by atoms with Crippen LogP contribution in [0.1, 0.15) is 18.4 Å². The van der Waals surface area contributed by atoms with Crippen LogP contribution in [0.3, 0.4) is 0 Å². The second kappa shape index (κ2) is 11.0. The second-order valence-corrected chi connectivity index (χ2v) is 8.73. The van der Waals surface area contributed by atoms with Crippen LogP contribution in [0.4, 0.5) is 11.4 Å². The quantitative estimate of drug-likeness (QED) is 0.537. The van der Waals surface area contributed by atoms with Gasteiger partial charge in [0.1, 0.15) is 0 Å². The molecule has 2 aromatic rings. The lowest BCUT2D eigenvalue weighted by Crippen LogP contribution is -2.46. The van der Waals surface area contributed by atoms with E-state index < -0.39 is 6.04 Å². The number of rotatable bonds is 7. The SMILES string of the molecule is Cc1c(Cl)cccc1NC(=O)CNC(=O)CN1CCCC1C(=O)Nc1cc(Cl)ccc1Cl. The summed E-state index contributed by atoms with van der Waals surface area (Å²) in [5.41, 5.74) is 1.76. The number of carbonyl (C=O) groups is 3. The molecule has 10 heteroatoms. The van der Waals surface area contributed by atoms with E-state index in [1.165, 1.54) is 0 Å². The van der Waals surface area contributed by atoms with E-state index >= 15 is 0 Å². The second-order valence-electron chi connectivity index (χ2n) is 7.48. The summed E-state index contributed by atoms with van der Waals surface area (Å²) in [4.78, 5) is 39.1. The number of nitrogens with one attached hydrogen (secondary N) is 3. The van der Waals surface area contributed by atoms with E-state index in [-0.39, 0.29) is 30.8 Å². The fourth-order valence-electron chi connectivity index (χ4n) is 3.48. The maximum absolute atomic E-state index is 12.7. The Balaban J connectivity index is 1.50. The number of anilines is 2. The molecule has 1 saturated heterocycles. The molecule has 3 amide bonds. The topological polar surface area (TPSA) is 90.5 Å². The van der Waals surface area contributed by atoms with Crippen LogP contribution >= 0.6 is 34.8 Å². The summed E-state index contributed by atoms with van der Waals surface area (Å²) < 4.78 is 0. The Bertz CT molecular complexity index is 1030. The molecule has 1 aliphatic rings. The van der Waals surface area contributed by atoms with E-state index in [1.807, 2.05) is 0 Å². The number of nitrogens with zero attached hydrogens (tertiary/aromatic N) is 1. The van der Waals surface area contributed by atoms with Crippen LogP contribution < -0.4 is 16.0 Å². The van der Waals surface area contributed by atoms with Crippen molar-refractivity contribution in [3.05, 3.63) is 57.0 Å². The first-order valence-electron chi connectivity index (χ1n) is 10.1. The number of carbonyl (C=O) groups excluding carboxylic acids is 3. The van der Waals surface area contributed by atoms with Crippen molar-refractivity contribution in [1.82, 2.24) is 10.2 Å². The molecule has 1 aliphatic heterocycles. The van der Waals surface area contributed by atoms with Gasteiger partial charge in [-0.2, -0.15) is 0 Å². The monoisotopic (exact) mass is 496 g/mol. The minimum atomic E-state index is -0.473. The molecular weight excluding hydrogens is 475 g/mol. The lowest BCUT2D eigenvalue weighted by molar-refractivity contribution is -0.126. The highest BCUT2D eigenvalue weighted by molar-refractivity contribution is 6.35. The number of benzene rings is 2. The molecule has 0 aliphatic carbocycles. The first-order valence-corrected chi connectivity index (χ1v) is 11.2. The lowest BCUT2D eigenvalue weighted by atomic mass is 10.2. The van der Waals surface area contributed by atoms with Gasteiger partial charge in [-0.3, -0.25) is 19.3 Å². The fourth-order valence-corrected chi connectivity index (χ4v) is 3.99. The number of hydrogen-bond donors (Lipinski definition) is 3. The van der Waals surface area contributed by atoms with Gasteiger partial charge in [0, 0.05) is 15.7 Å². The van der Waals surface area contributed by atoms with Gasteiger partial charge < -0.3 is 16.0 Å². The number of likely N-dealkylation sites (tertiary alicyclic amines) is 1. The first kappa shape index (κ1) is 24.3. The lowest BCUT2D eigenvalue weighted by Gasteiger charge is -2.23. The van der Waals surface area contributed by atoms with Crippen molar-refractivity contribution >= 4 is 63.9 Å². The molecule has 1 heterocycles. The summed E-state index contributed by atoms with van der Waals surface area (Å²) in [6.07, 6.45) is 1.40. The van der Waals surface area contributed by atoms with Crippen LogP contribution in [0, 0.1) is 6.92 Å². The van der Waals surface area contributed by atoms with Gasteiger partial charge in [0.05, 0.1) is 29.8 Å². The zero-order valence-corrected chi connectivity index (χ0v) is 19.7. The van der Waals surface area contributed by atoms with Gasteiger partial charge >= 0.3 is 0 Å². The first-order chi connectivity index (χ1) is 15.2. The van der Waals surface area contributed by atoms with Crippen molar-refractivity contribution in [2.45, 2.75) is 25.8 Å². The Hall–Kier alpha value is -2.32. The van der Waals surface area contributed by atoms with Crippen LogP contribution in [0.15, 0.2) is 36.4 Å². The summed E-state index contributed by atoms with van der Waals surface area (Å²) in [5, 5.41) is 9.48. The minimum absolute atomic E-state index is 0.00480. The number of amides is 3. The predicted octanol–water partition coefficient (Wildman–Crippen LogP) is 4.11. The van der Waals surface area contributed by atoms with Gasteiger partial charge in [-0.15, -0.1) is 0 Å². The summed E-state index contributed by atoms with van der Waals surface area (Å²) in [5.74, 6) is -0.966. The standard InChI is InChI=1S/C22H23Cl3N4O3/c1-13-15(24)4-2-5-17(13)27-20(30)11-26-21(31)12-29-9-3-6-19(29)22(32)28-18-10-14(23)7-8-16(18)25/h2,4-5,7-8,10,19H,3,6,9,11-12H2,1H3,(H,26,31)(H,27,30)(H,28,32). The summed E-state index contributed by atoms with van der Waals surface area (Å²) >= 11 is 18.1. The van der Waals surface area contributed by atoms with Crippen LogP contribution in [-0.4, -0.2) is 48.3 Å². The molecule has 1 atom stereocenters. The molecule has 0 spiro atoms. The Morgan fingerprint density at radius 3 is 2.56 bits per heavy atom. The molecule has 3 rings (SSSR count). The van der Waals surface area contributed by atoms with E-state index in [0.717, 1.165) is 12.0 Å². The fraction of sp³-hybridized carbons (Fsp3) is 0.318. The Labute approximate surface area is 201 Å². The van der Waals surface area contributed by atoms with Crippen LogP contribution in [0.25, 0.3) is 0 Å². The third-order valence-corrected chi connectivity index (χ3v) is 6.16. The molecule has 32 heavy (non-hydrogen) atoms. The van der Waals surface area contributed by atoms with Crippen LogP contribution in [0.5, 0.6) is 0 Å². The normalized spacial score (nSPS) is 15.9. The third kappa shape index (κ3) is 6.36. The molecule has 1 fully saturated rings. The molecule has 0 aromatic heterocycles. The molecule has 7 nitrogen and oxygen atoms in total. The number of halogens is 3. The zero-order valence-electron chi connectivity index (χ0n) is 17.4. The Morgan fingerprint density at radius 1 is 1.00 bits per heavy atom. The van der Waals surface area contributed by atoms with Gasteiger partial charge in [-0.25, -0.2) is 0 Å². The molecular formula is C22H23Cl3N4O3. The molecule has 170 valence electrons. The maximum Gasteiger partial charge on any atom is 0.243 e. The van der Waals surface area contributed by atoms with E-state index in [2.05, 4.69) is 16.0 Å². The summed E-state index contributed by atoms with van der Waals surface area (Å²) in [7, 11) is 0. The zero-order chi connectivity index (χ0) is 23.3. The molecule has 0 saturated carbocycles. The molecule has 0 bridgehead atoms. The van der Waals surface area contributed by atoms with Gasteiger partial charge in [-0.05, 0) is 62.2 Å². The van der Waals surface area contributed by atoms with Crippen molar-refractivity contribution in [2.24, 2.45) is 0 Å². The van der Waals surface area contributed by atoms with E-state index in [1.54, 1.807) is 48.2 Å². The smallest absolute Gasteiger partial charge is 0.243 e. The predicted molar refractivity (Wildman–Crippen MR) is 128 cm³/mol. The molecule has 0 radical (unpaired) electrons. The average Bonchev–Trinajstić information content (AvgIpc) is 3.21. The minimum Gasteiger partial charge on any atom is -0.346 e. The highest BCUT2D eigenvalue weighted by Gasteiger charge is 2.32. The van der Waals surface area contributed by atoms with Crippen molar-refractivity contribution in [3.63, 3.8) is 0 Å². The van der Waals surface area contributed by atoms with Crippen molar-refractivity contribution in [3.8, 4) is 0 Å². The third-order valence-electron chi connectivity index (χ3n) is 5.19. The largest absolute Gasteiger partial charge is 0.346 e. The summed E-state index contributed by atoms with van der Waals surface area (Å²) in [6.45, 7) is 2.22. The van der Waals surface area contributed by atoms with E-state index in [9.17, 15) is 14.4 Å². The number of hydrogen-bond acceptors (Lipinski definition) is 4. The highest BCUT2D eigenvalue weighted by Crippen LogP contribution is 2.27. The van der Waals surface area contributed by atoms with E-state index in [4.69, 9.17) is 34.8 Å². The van der Waals surface area contributed by atoms with Gasteiger partial charge in [0.25, 0.3) is 0 Å². The molecule has 3 N–H and O–H groups in total. The van der Waals surface area contributed by atoms with Crippen molar-refractivity contribution in [2.75, 3.05) is 30.3 Å². The Morgan fingerprint density at radius 2 is 1.78 bits per heavy atom. The van der Waals surface area contributed by atoms with Crippen LogP contribution in [0.2, 0.25) is 15.1 Å². The Kier molecular flexibility index (Phi) is 8.37. The van der Waals surface area contributed by atoms with Gasteiger partial charge in [-0.1, -0.05) is 40.9 Å². The maximum atomic E-state index is 12.7. The van der Waals surface area contributed by atoms with Crippen molar-refractivity contribution in [1.29, 1.82) is 0 Å². The van der Waals surface area contributed by atoms with Crippen LogP contribution in [-0.2, 0) is 14.4 Å². The van der Waals surface area contributed by atoms with Gasteiger partial charge in [0.2, 0.25) is 17.7 Å². The highest BCUT2D eigenvalue weighted by atomic mass is 35.5. The average molecular weight is 498 g/mol. The van der Waals surface area contributed by atoms with Crippen molar-refractivity contribution < 1.29 is 14.4 Å². The van der Waals surface area contributed by atoms with E-state index in [0.29, 0.717) is 39.4 Å². The molecule has 1 unspecified atom stereocenters.